The van der Waals surface area contributed by atoms with Crippen molar-refractivity contribution in [3.8, 4) is 0 Å². The summed E-state index contributed by atoms with van der Waals surface area (Å²) in [6, 6.07) is 13.0. The third kappa shape index (κ3) is 5.63. The highest BCUT2D eigenvalue weighted by Gasteiger charge is 2.54. The minimum absolute atomic E-state index is 0.102. The second kappa shape index (κ2) is 11.7. The molecule has 3 aliphatic rings. The van der Waals surface area contributed by atoms with Crippen LogP contribution in [0.25, 0.3) is 0 Å². The van der Waals surface area contributed by atoms with E-state index in [0.29, 0.717) is 31.6 Å². The van der Waals surface area contributed by atoms with Gasteiger partial charge in [0, 0.05) is 30.9 Å². The van der Waals surface area contributed by atoms with Crippen molar-refractivity contribution in [3.63, 3.8) is 0 Å². The molecule has 0 bridgehead atoms. The fourth-order valence-corrected chi connectivity index (χ4v) is 7.49. The predicted octanol–water partition coefficient (Wildman–Crippen LogP) is 1.91. The Morgan fingerprint density at radius 2 is 1.68 bits per heavy atom. The molecule has 0 unspecified atom stereocenters. The summed E-state index contributed by atoms with van der Waals surface area (Å²) in [4.78, 5) is 43.9. The number of morpholine rings is 1. The standard InChI is InChI=1S/C29H36N4O6S/c1-20(2)18-24(30-28(35)21-8-10-22(11-9-21)31-14-16-39-17-15-31)29(36)32-13-12-25-27(32)26(34)19-33(25)40(37,38)23-6-4-3-5-7-23/h3-11,20,24-25,27H,12-19H2,1-2H3,(H,30,35)/t24-,25+,27-/m0/s1. The molecule has 5 rings (SSSR count). The van der Waals surface area contributed by atoms with Crippen molar-refractivity contribution in [2.45, 2.75) is 49.7 Å². The first kappa shape index (κ1) is 28.3. The number of Topliss-reactive ketones (excluding diaryl/α,β-unsaturated/α-hetero) is 1. The molecule has 0 aromatic heterocycles. The number of carbonyl (C=O) groups is 3. The van der Waals surface area contributed by atoms with Crippen LogP contribution in [-0.4, -0.2) is 92.7 Å². The summed E-state index contributed by atoms with van der Waals surface area (Å²) in [5.41, 5.74) is 1.45. The number of hydrogen-bond donors (Lipinski definition) is 1. The lowest BCUT2D eigenvalue weighted by Gasteiger charge is -2.29. The van der Waals surface area contributed by atoms with Crippen molar-refractivity contribution in [3.05, 3.63) is 60.2 Å². The van der Waals surface area contributed by atoms with Crippen LogP contribution < -0.4 is 10.2 Å². The van der Waals surface area contributed by atoms with E-state index in [1.54, 1.807) is 30.3 Å². The number of nitrogens with one attached hydrogen (secondary N) is 1. The van der Waals surface area contributed by atoms with Crippen LogP contribution >= 0.6 is 0 Å². The highest BCUT2D eigenvalue weighted by molar-refractivity contribution is 7.89. The molecule has 40 heavy (non-hydrogen) atoms. The van der Waals surface area contributed by atoms with Crippen molar-refractivity contribution < 1.29 is 27.5 Å². The lowest BCUT2D eigenvalue weighted by atomic mass is 10.0. The number of rotatable bonds is 8. The lowest BCUT2D eigenvalue weighted by molar-refractivity contribution is -0.138. The largest absolute Gasteiger partial charge is 0.378 e. The maximum absolute atomic E-state index is 13.8. The van der Waals surface area contributed by atoms with Gasteiger partial charge in [0.25, 0.3) is 5.91 Å². The molecule has 1 N–H and O–H groups in total. The second-order valence-electron chi connectivity index (χ2n) is 11.0. The summed E-state index contributed by atoms with van der Waals surface area (Å²) in [5.74, 6) is -0.921. The molecule has 2 amide bonds. The molecule has 10 nitrogen and oxygen atoms in total. The molecule has 2 aromatic carbocycles. The summed E-state index contributed by atoms with van der Waals surface area (Å²) in [7, 11) is -3.89. The third-order valence-corrected chi connectivity index (χ3v) is 9.71. The fourth-order valence-electron chi connectivity index (χ4n) is 5.85. The minimum atomic E-state index is -3.89. The van der Waals surface area contributed by atoms with Gasteiger partial charge >= 0.3 is 0 Å². The first-order valence-corrected chi connectivity index (χ1v) is 15.2. The Morgan fingerprint density at radius 3 is 2.33 bits per heavy atom. The van der Waals surface area contributed by atoms with Gasteiger partial charge in [0.15, 0.2) is 5.78 Å². The van der Waals surface area contributed by atoms with Crippen molar-refractivity contribution in [1.82, 2.24) is 14.5 Å². The van der Waals surface area contributed by atoms with Crippen LogP contribution in [0.4, 0.5) is 5.69 Å². The number of ketones is 1. The second-order valence-corrected chi connectivity index (χ2v) is 12.9. The average molecular weight is 569 g/mol. The van der Waals surface area contributed by atoms with E-state index in [9.17, 15) is 22.8 Å². The Labute approximate surface area is 235 Å². The third-order valence-electron chi connectivity index (χ3n) is 7.83. The highest BCUT2D eigenvalue weighted by Crippen LogP contribution is 2.34. The van der Waals surface area contributed by atoms with Gasteiger partial charge in [-0.25, -0.2) is 8.42 Å². The number of nitrogens with zero attached hydrogens (tertiary/aromatic N) is 3. The summed E-state index contributed by atoms with van der Waals surface area (Å²) < 4.78 is 33.3. The zero-order valence-corrected chi connectivity index (χ0v) is 23.7. The molecule has 3 atom stereocenters. The van der Waals surface area contributed by atoms with Crippen LogP contribution in [0.2, 0.25) is 0 Å². The SMILES string of the molecule is CC(C)C[C@H](NC(=O)c1ccc(N2CCOCC2)cc1)C(=O)N1CC[C@@H]2[C@H]1C(=O)CN2S(=O)(=O)c1ccccc1. The quantitative estimate of drug-likeness (QED) is 0.517. The van der Waals surface area contributed by atoms with Gasteiger partial charge in [0.2, 0.25) is 15.9 Å². The maximum atomic E-state index is 13.8. The van der Waals surface area contributed by atoms with E-state index in [-0.39, 0.29) is 41.5 Å². The molecular weight excluding hydrogens is 532 g/mol. The molecule has 2 aromatic rings. The van der Waals surface area contributed by atoms with Crippen LogP contribution in [0.3, 0.4) is 0 Å². The summed E-state index contributed by atoms with van der Waals surface area (Å²) >= 11 is 0. The molecule has 3 aliphatic heterocycles. The van der Waals surface area contributed by atoms with Gasteiger partial charge in [0.05, 0.1) is 30.7 Å². The topological polar surface area (TPSA) is 116 Å². The number of sulfonamides is 1. The Kier molecular flexibility index (Phi) is 8.25. The maximum Gasteiger partial charge on any atom is 0.251 e. The van der Waals surface area contributed by atoms with Gasteiger partial charge in [-0.05, 0) is 55.2 Å². The number of likely N-dealkylation sites (tertiary alicyclic amines) is 1. The number of benzene rings is 2. The van der Waals surface area contributed by atoms with E-state index in [1.807, 2.05) is 26.0 Å². The average Bonchev–Trinajstić information content (AvgIpc) is 3.54. The molecule has 0 spiro atoms. The number of anilines is 1. The fraction of sp³-hybridized carbons (Fsp3) is 0.483. The Balaban J connectivity index is 1.30. The zero-order valence-electron chi connectivity index (χ0n) is 22.9. The van der Waals surface area contributed by atoms with E-state index in [1.165, 1.54) is 21.3 Å². The van der Waals surface area contributed by atoms with Crippen LogP contribution in [0.1, 0.15) is 37.0 Å². The smallest absolute Gasteiger partial charge is 0.251 e. The summed E-state index contributed by atoms with van der Waals surface area (Å²) in [5, 5.41) is 2.90. The molecule has 11 heteroatoms. The molecule has 214 valence electrons. The van der Waals surface area contributed by atoms with Gasteiger partial charge < -0.3 is 19.9 Å². The van der Waals surface area contributed by atoms with Crippen LogP contribution in [-0.2, 0) is 24.3 Å². The summed E-state index contributed by atoms with van der Waals surface area (Å²) in [6.07, 6.45) is 0.754. The van der Waals surface area contributed by atoms with Gasteiger partial charge in [0.1, 0.15) is 12.1 Å². The number of hydrogen-bond acceptors (Lipinski definition) is 7. The molecule has 0 aliphatic carbocycles. The van der Waals surface area contributed by atoms with E-state index < -0.39 is 28.1 Å². The first-order valence-electron chi connectivity index (χ1n) is 13.8. The molecule has 3 fully saturated rings. The van der Waals surface area contributed by atoms with Crippen molar-refractivity contribution in [1.29, 1.82) is 0 Å². The Hall–Kier alpha value is -3.28. The summed E-state index contributed by atoms with van der Waals surface area (Å²) in [6.45, 7) is 6.81. The van der Waals surface area contributed by atoms with Crippen LogP contribution in [0.5, 0.6) is 0 Å². The zero-order chi connectivity index (χ0) is 28.4. The normalized spacial score (nSPS) is 22.4. The van der Waals surface area contributed by atoms with Crippen LogP contribution in [0, 0.1) is 5.92 Å². The molecule has 3 saturated heterocycles. The van der Waals surface area contributed by atoms with E-state index in [4.69, 9.17) is 4.74 Å². The number of carbonyl (C=O) groups excluding carboxylic acids is 3. The van der Waals surface area contributed by atoms with Gasteiger partial charge in [-0.15, -0.1) is 0 Å². The molecule has 0 radical (unpaired) electrons. The van der Waals surface area contributed by atoms with E-state index >= 15 is 0 Å². The molecule has 3 heterocycles. The van der Waals surface area contributed by atoms with Crippen molar-refractivity contribution in [2.24, 2.45) is 5.92 Å². The van der Waals surface area contributed by atoms with Crippen molar-refractivity contribution >= 4 is 33.3 Å². The van der Waals surface area contributed by atoms with Gasteiger partial charge in [-0.1, -0.05) is 32.0 Å². The highest BCUT2D eigenvalue weighted by atomic mass is 32.2. The van der Waals surface area contributed by atoms with Crippen molar-refractivity contribution in [2.75, 3.05) is 44.3 Å². The monoisotopic (exact) mass is 568 g/mol. The Bertz CT molecular complexity index is 1340. The Morgan fingerprint density at radius 1 is 1.00 bits per heavy atom. The molecular formula is C29H36N4O6S. The number of fused-ring (bicyclic) bond motifs is 1. The van der Waals surface area contributed by atoms with Gasteiger partial charge in [-0.3, -0.25) is 14.4 Å². The van der Waals surface area contributed by atoms with Crippen LogP contribution in [0.15, 0.2) is 59.5 Å². The number of amides is 2. The molecule has 0 saturated carbocycles. The van der Waals surface area contributed by atoms with E-state index in [2.05, 4.69) is 10.2 Å². The van der Waals surface area contributed by atoms with Gasteiger partial charge in [-0.2, -0.15) is 4.31 Å². The minimum Gasteiger partial charge on any atom is -0.378 e. The number of ether oxygens (including phenoxy) is 1. The lowest BCUT2D eigenvalue weighted by Crippen LogP contribution is -2.53. The first-order chi connectivity index (χ1) is 19.2. The predicted molar refractivity (Wildman–Crippen MR) is 149 cm³/mol. The van der Waals surface area contributed by atoms with E-state index in [0.717, 1.165) is 18.8 Å².